The molecule has 26 heavy (non-hydrogen) atoms. The number of benzene rings is 2. The van der Waals surface area contributed by atoms with Gasteiger partial charge < -0.3 is 20.5 Å². The Kier molecular flexibility index (Phi) is 6.74. The van der Waals surface area contributed by atoms with Crippen molar-refractivity contribution in [2.45, 2.75) is 13.2 Å². The summed E-state index contributed by atoms with van der Waals surface area (Å²) in [5.74, 6) is -1.02. The number of amides is 2. The van der Waals surface area contributed by atoms with Gasteiger partial charge in [-0.05, 0) is 35.9 Å². The number of halogens is 3. The van der Waals surface area contributed by atoms with E-state index in [0.29, 0.717) is 10.6 Å². The van der Waals surface area contributed by atoms with Gasteiger partial charge in [-0.25, -0.2) is 0 Å². The molecule has 9 heteroatoms. The van der Waals surface area contributed by atoms with Crippen LogP contribution in [-0.2, 0) is 11.3 Å². The molecule has 0 aromatic heterocycles. The van der Waals surface area contributed by atoms with Gasteiger partial charge in [-0.3, -0.25) is 9.59 Å². The molecule has 0 aliphatic heterocycles. The Balaban J connectivity index is 1.86. The molecule has 2 rings (SSSR count). The van der Waals surface area contributed by atoms with Crippen LogP contribution in [0.5, 0.6) is 11.5 Å². The molecule has 0 aliphatic rings. The third-order valence-electron chi connectivity index (χ3n) is 3.21. The predicted molar refractivity (Wildman–Crippen MR) is 90.4 cm³/mol. The first-order chi connectivity index (χ1) is 12.3. The SMILES string of the molecule is NC(=O)c1ccc(Cl)cc1OCC(=O)NCc1ccc(OC(F)F)cc1. The van der Waals surface area contributed by atoms with E-state index in [4.69, 9.17) is 22.1 Å². The molecular formula is C17H15ClF2N2O4. The summed E-state index contributed by atoms with van der Waals surface area (Å²) in [5, 5.41) is 2.92. The first kappa shape index (κ1) is 19.5. The number of primary amides is 1. The van der Waals surface area contributed by atoms with Crippen LogP contribution in [0.15, 0.2) is 42.5 Å². The van der Waals surface area contributed by atoms with Crippen molar-refractivity contribution in [3.63, 3.8) is 0 Å². The van der Waals surface area contributed by atoms with Crippen molar-refractivity contribution in [1.29, 1.82) is 0 Å². The Labute approximate surface area is 152 Å². The minimum absolute atomic E-state index is 0.0262. The van der Waals surface area contributed by atoms with Crippen LogP contribution >= 0.6 is 11.6 Å². The molecular weight excluding hydrogens is 370 g/mol. The van der Waals surface area contributed by atoms with Gasteiger partial charge in [0.15, 0.2) is 6.61 Å². The lowest BCUT2D eigenvalue weighted by molar-refractivity contribution is -0.123. The average Bonchev–Trinajstić information content (AvgIpc) is 2.58. The highest BCUT2D eigenvalue weighted by molar-refractivity contribution is 6.30. The van der Waals surface area contributed by atoms with Crippen molar-refractivity contribution in [2.75, 3.05) is 6.61 Å². The quantitative estimate of drug-likeness (QED) is 0.732. The van der Waals surface area contributed by atoms with Crippen LogP contribution in [0.3, 0.4) is 0 Å². The van der Waals surface area contributed by atoms with E-state index in [1.165, 1.54) is 30.3 Å². The van der Waals surface area contributed by atoms with E-state index in [1.807, 2.05) is 0 Å². The van der Waals surface area contributed by atoms with Crippen LogP contribution in [-0.4, -0.2) is 25.0 Å². The van der Waals surface area contributed by atoms with Gasteiger partial charge in [-0.15, -0.1) is 0 Å². The first-order valence-corrected chi connectivity index (χ1v) is 7.75. The van der Waals surface area contributed by atoms with Gasteiger partial charge in [0.2, 0.25) is 0 Å². The second kappa shape index (κ2) is 9.00. The molecule has 0 saturated carbocycles. The molecule has 0 spiro atoms. The van der Waals surface area contributed by atoms with E-state index in [1.54, 1.807) is 12.1 Å². The van der Waals surface area contributed by atoms with Gasteiger partial charge in [0.05, 0.1) is 5.56 Å². The highest BCUT2D eigenvalue weighted by atomic mass is 35.5. The third kappa shape index (κ3) is 5.89. The molecule has 0 unspecified atom stereocenters. The van der Waals surface area contributed by atoms with Gasteiger partial charge in [-0.1, -0.05) is 23.7 Å². The summed E-state index contributed by atoms with van der Waals surface area (Å²) in [6.45, 7) is -3.09. The van der Waals surface area contributed by atoms with E-state index in [-0.39, 0.29) is 30.2 Å². The molecule has 0 fully saturated rings. The number of rotatable bonds is 8. The second-order valence-corrected chi connectivity index (χ2v) is 5.53. The lowest BCUT2D eigenvalue weighted by Crippen LogP contribution is -2.28. The number of alkyl halides is 2. The van der Waals surface area contributed by atoms with Crippen molar-refractivity contribution in [1.82, 2.24) is 5.32 Å². The van der Waals surface area contributed by atoms with Crippen LogP contribution in [0.25, 0.3) is 0 Å². The Hall–Kier alpha value is -2.87. The van der Waals surface area contributed by atoms with Crippen LogP contribution in [0.4, 0.5) is 8.78 Å². The van der Waals surface area contributed by atoms with Gasteiger partial charge in [0.1, 0.15) is 11.5 Å². The van der Waals surface area contributed by atoms with Crippen molar-refractivity contribution in [3.8, 4) is 11.5 Å². The highest BCUT2D eigenvalue weighted by Gasteiger charge is 2.12. The molecule has 0 bridgehead atoms. The summed E-state index contributed by atoms with van der Waals surface area (Å²) in [6.07, 6.45) is 0. The van der Waals surface area contributed by atoms with Gasteiger partial charge in [0.25, 0.3) is 11.8 Å². The zero-order valence-corrected chi connectivity index (χ0v) is 14.1. The summed E-state index contributed by atoms with van der Waals surface area (Å²) < 4.78 is 33.7. The predicted octanol–water partition coefficient (Wildman–Crippen LogP) is 2.74. The fourth-order valence-electron chi connectivity index (χ4n) is 2.00. The van der Waals surface area contributed by atoms with Crippen molar-refractivity contribution >= 4 is 23.4 Å². The number of hydrogen-bond acceptors (Lipinski definition) is 4. The molecule has 0 radical (unpaired) electrons. The molecule has 0 heterocycles. The van der Waals surface area contributed by atoms with Crippen molar-refractivity contribution in [3.05, 3.63) is 58.6 Å². The maximum Gasteiger partial charge on any atom is 0.387 e. The third-order valence-corrected chi connectivity index (χ3v) is 3.44. The topological polar surface area (TPSA) is 90.7 Å². The van der Waals surface area contributed by atoms with Gasteiger partial charge >= 0.3 is 6.61 Å². The van der Waals surface area contributed by atoms with E-state index in [9.17, 15) is 18.4 Å². The average molecular weight is 385 g/mol. The maximum atomic E-state index is 12.1. The summed E-state index contributed by atoms with van der Waals surface area (Å²) in [5.41, 5.74) is 6.02. The second-order valence-electron chi connectivity index (χ2n) is 5.09. The molecule has 2 amide bonds. The summed E-state index contributed by atoms with van der Waals surface area (Å²) in [7, 11) is 0. The van der Waals surface area contributed by atoms with Gasteiger partial charge in [0, 0.05) is 11.6 Å². The number of carbonyl (C=O) groups excluding carboxylic acids is 2. The van der Waals surface area contributed by atoms with E-state index >= 15 is 0 Å². The number of nitrogens with two attached hydrogens (primary N) is 1. The molecule has 3 N–H and O–H groups in total. The Morgan fingerprint density at radius 1 is 1.15 bits per heavy atom. The number of carbonyl (C=O) groups is 2. The monoisotopic (exact) mass is 384 g/mol. The highest BCUT2D eigenvalue weighted by Crippen LogP contribution is 2.23. The number of nitrogens with one attached hydrogen (secondary N) is 1. The van der Waals surface area contributed by atoms with E-state index in [2.05, 4.69) is 10.1 Å². The zero-order chi connectivity index (χ0) is 19.1. The minimum Gasteiger partial charge on any atom is -0.483 e. The van der Waals surface area contributed by atoms with Gasteiger partial charge in [-0.2, -0.15) is 8.78 Å². The van der Waals surface area contributed by atoms with E-state index < -0.39 is 18.4 Å². The van der Waals surface area contributed by atoms with Crippen LogP contribution in [0.1, 0.15) is 15.9 Å². The summed E-state index contributed by atoms with van der Waals surface area (Å²) in [4.78, 5) is 23.2. The summed E-state index contributed by atoms with van der Waals surface area (Å²) >= 11 is 5.83. The Morgan fingerprint density at radius 3 is 2.46 bits per heavy atom. The zero-order valence-electron chi connectivity index (χ0n) is 13.4. The fourth-order valence-corrected chi connectivity index (χ4v) is 2.16. The van der Waals surface area contributed by atoms with Crippen LogP contribution < -0.4 is 20.5 Å². The fraction of sp³-hybridized carbons (Fsp3) is 0.176. The smallest absolute Gasteiger partial charge is 0.387 e. The van der Waals surface area contributed by atoms with E-state index in [0.717, 1.165) is 0 Å². The van der Waals surface area contributed by atoms with Crippen LogP contribution in [0.2, 0.25) is 5.02 Å². The molecule has 0 aliphatic carbocycles. The van der Waals surface area contributed by atoms with Crippen molar-refractivity contribution < 1.29 is 27.8 Å². The molecule has 0 atom stereocenters. The molecule has 0 saturated heterocycles. The largest absolute Gasteiger partial charge is 0.483 e. The molecule has 2 aromatic carbocycles. The normalized spacial score (nSPS) is 10.5. The standard InChI is InChI=1S/C17H15ClF2N2O4/c18-11-3-6-13(16(21)24)14(7-11)25-9-15(23)22-8-10-1-4-12(5-2-10)26-17(19)20/h1-7,17H,8-9H2,(H2,21,24)(H,22,23). The lowest BCUT2D eigenvalue weighted by Gasteiger charge is -2.11. The Morgan fingerprint density at radius 2 is 1.85 bits per heavy atom. The van der Waals surface area contributed by atoms with Crippen molar-refractivity contribution in [2.24, 2.45) is 5.73 Å². The van der Waals surface area contributed by atoms with Crippen LogP contribution in [0, 0.1) is 0 Å². The molecule has 138 valence electrons. The lowest BCUT2D eigenvalue weighted by atomic mass is 10.2. The maximum absolute atomic E-state index is 12.1. The number of ether oxygens (including phenoxy) is 2. The minimum atomic E-state index is -2.89. The molecule has 2 aromatic rings. The summed E-state index contributed by atoms with van der Waals surface area (Å²) in [6, 6.07) is 10.1. The Bertz CT molecular complexity index is 785. The molecule has 6 nitrogen and oxygen atoms in total. The number of hydrogen-bond donors (Lipinski definition) is 2. The first-order valence-electron chi connectivity index (χ1n) is 7.38.